The van der Waals surface area contributed by atoms with Crippen molar-refractivity contribution in [3.8, 4) is 0 Å². The SMILES string of the molecule is CCCC1CCN(CCC(C)(C)O)C1. The van der Waals surface area contributed by atoms with Crippen LogP contribution in [0.2, 0.25) is 0 Å². The van der Waals surface area contributed by atoms with Crippen LogP contribution < -0.4 is 0 Å². The van der Waals surface area contributed by atoms with E-state index in [-0.39, 0.29) is 0 Å². The van der Waals surface area contributed by atoms with Crippen LogP contribution in [0, 0.1) is 5.92 Å². The van der Waals surface area contributed by atoms with Gasteiger partial charge in [-0.3, -0.25) is 0 Å². The van der Waals surface area contributed by atoms with E-state index in [1.165, 1.54) is 32.4 Å². The number of rotatable bonds is 5. The quantitative estimate of drug-likeness (QED) is 0.734. The molecule has 1 unspecified atom stereocenters. The highest BCUT2D eigenvalue weighted by molar-refractivity contribution is 4.77. The van der Waals surface area contributed by atoms with Gasteiger partial charge in [-0.25, -0.2) is 0 Å². The Morgan fingerprint density at radius 2 is 2.14 bits per heavy atom. The van der Waals surface area contributed by atoms with Gasteiger partial charge in [0.15, 0.2) is 0 Å². The smallest absolute Gasteiger partial charge is 0.0603 e. The third kappa shape index (κ3) is 4.43. The van der Waals surface area contributed by atoms with Crippen molar-refractivity contribution in [1.29, 1.82) is 0 Å². The number of hydrogen-bond donors (Lipinski definition) is 1. The van der Waals surface area contributed by atoms with Crippen molar-refractivity contribution in [3.63, 3.8) is 0 Å². The van der Waals surface area contributed by atoms with Crippen LogP contribution in [-0.2, 0) is 0 Å². The largest absolute Gasteiger partial charge is 0.390 e. The molecule has 1 aliphatic rings. The fourth-order valence-electron chi connectivity index (χ4n) is 2.19. The van der Waals surface area contributed by atoms with Gasteiger partial charge in [0, 0.05) is 13.1 Å². The van der Waals surface area contributed by atoms with Gasteiger partial charge in [-0.1, -0.05) is 13.3 Å². The first-order valence-electron chi connectivity index (χ1n) is 5.96. The van der Waals surface area contributed by atoms with Crippen LogP contribution in [-0.4, -0.2) is 35.2 Å². The van der Waals surface area contributed by atoms with Crippen molar-refractivity contribution in [3.05, 3.63) is 0 Å². The molecule has 0 aromatic carbocycles. The zero-order chi connectivity index (χ0) is 10.6. The summed E-state index contributed by atoms with van der Waals surface area (Å²) in [7, 11) is 0. The van der Waals surface area contributed by atoms with E-state index in [4.69, 9.17) is 0 Å². The number of nitrogens with zero attached hydrogens (tertiary/aromatic N) is 1. The van der Waals surface area contributed by atoms with E-state index in [9.17, 15) is 5.11 Å². The third-order valence-corrected chi connectivity index (χ3v) is 3.11. The van der Waals surface area contributed by atoms with Crippen LogP contribution in [0.15, 0.2) is 0 Å². The first-order chi connectivity index (χ1) is 6.51. The summed E-state index contributed by atoms with van der Waals surface area (Å²) in [5.74, 6) is 0.918. The maximum Gasteiger partial charge on any atom is 0.0603 e. The Bertz CT molecular complexity index is 162. The van der Waals surface area contributed by atoms with Gasteiger partial charge in [0.25, 0.3) is 0 Å². The minimum Gasteiger partial charge on any atom is -0.390 e. The molecule has 2 nitrogen and oxygen atoms in total. The molecular weight excluding hydrogens is 174 g/mol. The molecule has 14 heavy (non-hydrogen) atoms. The molecule has 0 saturated carbocycles. The zero-order valence-corrected chi connectivity index (χ0v) is 9.92. The molecule has 1 fully saturated rings. The monoisotopic (exact) mass is 199 g/mol. The number of hydrogen-bond acceptors (Lipinski definition) is 2. The van der Waals surface area contributed by atoms with Crippen molar-refractivity contribution in [1.82, 2.24) is 4.90 Å². The molecule has 1 aliphatic heterocycles. The molecule has 1 rings (SSSR count). The van der Waals surface area contributed by atoms with Crippen LogP contribution in [0.3, 0.4) is 0 Å². The topological polar surface area (TPSA) is 23.5 Å². The van der Waals surface area contributed by atoms with Crippen molar-refractivity contribution in [2.45, 2.75) is 52.1 Å². The normalized spacial score (nSPS) is 24.4. The van der Waals surface area contributed by atoms with Crippen LogP contribution in [0.5, 0.6) is 0 Å². The predicted molar refractivity (Wildman–Crippen MR) is 60.4 cm³/mol. The summed E-state index contributed by atoms with van der Waals surface area (Å²) >= 11 is 0. The molecule has 1 atom stereocenters. The van der Waals surface area contributed by atoms with Gasteiger partial charge < -0.3 is 10.0 Å². The van der Waals surface area contributed by atoms with Crippen molar-refractivity contribution in [2.24, 2.45) is 5.92 Å². The Hall–Kier alpha value is -0.0800. The summed E-state index contributed by atoms with van der Waals surface area (Å²) < 4.78 is 0. The Balaban J connectivity index is 2.16. The number of aliphatic hydroxyl groups is 1. The van der Waals surface area contributed by atoms with E-state index in [1.54, 1.807) is 0 Å². The lowest BCUT2D eigenvalue weighted by Crippen LogP contribution is -2.29. The van der Waals surface area contributed by atoms with Gasteiger partial charge in [-0.15, -0.1) is 0 Å². The molecular formula is C12H25NO. The van der Waals surface area contributed by atoms with E-state index in [0.29, 0.717) is 0 Å². The minimum absolute atomic E-state index is 0.497. The van der Waals surface area contributed by atoms with Gasteiger partial charge in [0.2, 0.25) is 0 Å². The van der Waals surface area contributed by atoms with E-state index >= 15 is 0 Å². The third-order valence-electron chi connectivity index (χ3n) is 3.11. The van der Waals surface area contributed by atoms with Gasteiger partial charge in [-0.2, -0.15) is 0 Å². The Morgan fingerprint density at radius 1 is 1.43 bits per heavy atom. The molecule has 0 aromatic heterocycles. The molecule has 84 valence electrons. The molecule has 0 bridgehead atoms. The van der Waals surface area contributed by atoms with Crippen LogP contribution in [0.25, 0.3) is 0 Å². The maximum atomic E-state index is 9.62. The summed E-state index contributed by atoms with van der Waals surface area (Å²) in [4.78, 5) is 2.50. The van der Waals surface area contributed by atoms with Crippen LogP contribution in [0.1, 0.15) is 46.5 Å². The highest BCUT2D eigenvalue weighted by atomic mass is 16.3. The lowest BCUT2D eigenvalue weighted by Gasteiger charge is -2.22. The Kier molecular flexibility index (Phi) is 4.39. The lowest BCUT2D eigenvalue weighted by atomic mass is 10.0. The van der Waals surface area contributed by atoms with Crippen molar-refractivity contribution < 1.29 is 5.11 Å². The Labute approximate surface area is 88.3 Å². The summed E-state index contributed by atoms with van der Waals surface area (Å²) in [6, 6.07) is 0. The van der Waals surface area contributed by atoms with Crippen LogP contribution in [0.4, 0.5) is 0 Å². The molecule has 0 amide bonds. The molecule has 0 spiro atoms. The summed E-state index contributed by atoms with van der Waals surface area (Å²) in [5.41, 5.74) is -0.497. The van der Waals surface area contributed by atoms with Gasteiger partial charge in [-0.05, 0) is 45.6 Å². The molecule has 0 aromatic rings. The zero-order valence-electron chi connectivity index (χ0n) is 9.92. The van der Waals surface area contributed by atoms with Gasteiger partial charge in [0.05, 0.1) is 5.60 Å². The predicted octanol–water partition coefficient (Wildman–Crippen LogP) is 2.27. The second-order valence-electron chi connectivity index (χ2n) is 5.31. The number of likely N-dealkylation sites (tertiary alicyclic amines) is 1. The van der Waals surface area contributed by atoms with E-state index in [0.717, 1.165) is 18.9 Å². The van der Waals surface area contributed by atoms with Crippen molar-refractivity contribution in [2.75, 3.05) is 19.6 Å². The molecule has 0 radical (unpaired) electrons. The second-order valence-corrected chi connectivity index (χ2v) is 5.31. The van der Waals surface area contributed by atoms with E-state index < -0.39 is 5.60 Å². The Morgan fingerprint density at radius 3 is 2.71 bits per heavy atom. The molecule has 1 heterocycles. The highest BCUT2D eigenvalue weighted by Crippen LogP contribution is 2.21. The minimum atomic E-state index is -0.497. The first-order valence-corrected chi connectivity index (χ1v) is 5.96. The summed E-state index contributed by atoms with van der Waals surface area (Å²) in [5, 5.41) is 9.62. The van der Waals surface area contributed by atoms with Crippen molar-refractivity contribution >= 4 is 0 Å². The van der Waals surface area contributed by atoms with Crippen LogP contribution >= 0.6 is 0 Å². The first kappa shape index (κ1) is 12.0. The molecule has 1 saturated heterocycles. The fraction of sp³-hybridized carbons (Fsp3) is 1.00. The maximum absolute atomic E-state index is 9.62. The molecule has 2 heteroatoms. The average molecular weight is 199 g/mol. The molecule has 0 aliphatic carbocycles. The van der Waals surface area contributed by atoms with E-state index in [1.807, 2.05) is 13.8 Å². The van der Waals surface area contributed by atoms with Gasteiger partial charge >= 0.3 is 0 Å². The molecule has 1 N–H and O–H groups in total. The standard InChI is InChI=1S/C12H25NO/c1-4-5-11-6-8-13(10-11)9-7-12(2,3)14/h11,14H,4-10H2,1-3H3. The van der Waals surface area contributed by atoms with E-state index in [2.05, 4.69) is 11.8 Å². The average Bonchev–Trinajstić information content (AvgIpc) is 2.49. The second kappa shape index (κ2) is 5.13. The highest BCUT2D eigenvalue weighted by Gasteiger charge is 2.23. The summed E-state index contributed by atoms with van der Waals surface area (Å²) in [6.45, 7) is 9.60. The lowest BCUT2D eigenvalue weighted by molar-refractivity contribution is 0.0601. The van der Waals surface area contributed by atoms with Gasteiger partial charge in [0.1, 0.15) is 0 Å². The fourth-order valence-corrected chi connectivity index (χ4v) is 2.19. The summed E-state index contributed by atoms with van der Waals surface area (Å²) in [6.07, 6.45) is 4.94.